The second kappa shape index (κ2) is 9.32. The van der Waals surface area contributed by atoms with Gasteiger partial charge in [-0.15, -0.1) is 10.2 Å². The van der Waals surface area contributed by atoms with E-state index in [0.29, 0.717) is 27.3 Å². The van der Waals surface area contributed by atoms with Crippen molar-refractivity contribution < 1.29 is 9.18 Å². The van der Waals surface area contributed by atoms with Gasteiger partial charge >= 0.3 is 0 Å². The number of hydrogen-bond donors (Lipinski definition) is 1. The number of para-hydroxylation sites is 1. The van der Waals surface area contributed by atoms with E-state index in [2.05, 4.69) is 15.5 Å². The van der Waals surface area contributed by atoms with E-state index in [9.17, 15) is 9.18 Å². The molecule has 0 saturated heterocycles. The average Bonchev–Trinajstić information content (AvgIpc) is 3.19. The van der Waals surface area contributed by atoms with Gasteiger partial charge in [-0.2, -0.15) is 0 Å². The lowest BCUT2D eigenvalue weighted by Crippen LogP contribution is -2.15. The third kappa shape index (κ3) is 4.78. The molecule has 1 N–H and O–H groups in total. The molecule has 31 heavy (non-hydrogen) atoms. The number of nitrogens with zero attached hydrogens (tertiary/aromatic N) is 3. The maximum absolute atomic E-state index is 14.4. The van der Waals surface area contributed by atoms with Crippen LogP contribution in [0, 0.1) is 12.7 Å². The quantitative estimate of drug-likeness (QED) is 0.377. The number of aryl methyl sites for hydroxylation is 1. The molecule has 4 aromatic rings. The summed E-state index contributed by atoms with van der Waals surface area (Å²) in [5, 5.41) is 12.2. The Morgan fingerprint density at radius 2 is 1.81 bits per heavy atom. The molecule has 0 atom stereocenters. The van der Waals surface area contributed by atoms with Gasteiger partial charge in [-0.1, -0.05) is 59.8 Å². The zero-order valence-electron chi connectivity index (χ0n) is 16.5. The van der Waals surface area contributed by atoms with Crippen molar-refractivity contribution in [2.45, 2.75) is 12.1 Å². The highest BCUT2D eigenvalue weighted by Crippen LogP contribution is 2.29. The van der Waals surface area contributed by atoms with Crippen molar-refractivity contribution in [3.05, 3.63) is 89.2 Å². The standard InChI is InChI=1S/C23H18ClFN4OS/c1-15-11-12-20(18(24)13-15)26-21(30)14-31-23-28-27-22(17-9-5-6-10-19(17)25)29(23)16-7-3-2-4-8-16/h2-13H,14H2,1H3,(H,26,30). The van der Waals surface area contributed by atoms with Crippen molar-refractivity contribution in [1.29, 1.82) is 0 Å². The Morgan fingerprint density at radius 1 is 1.06 bits per heavy atom. The second-order valence-corrected chi connectivity index (χ2v) is 8.13. The minimum absolute atomic E-state index is 0.0897. The van der Waals surface area contributed by atoms with Gasteiger partial charge in [0, 0.05) is 5.69 Å². The highest BCUT2D eigenvalue weighted by Gasteiger charge is 2.19. The SMILES string of the molecule is Cc1ccc(NC(=O)CSc2nnc(-c3ccccc3F)n2-c2ccccc2)c(Cl)c1. The molecule has 1 heterocycles. The molecular weight excluding hydrogens is 435 g/mol. The monoisotopic (exact) mass is 452 g/mol. The zero-order chi connectivity index (χ0) is 21.8. The topological polar surface area (TPSA) is 59.8 Å². The van der Waals surface area contributed by atoms with E-state index >= 15 is 0 Å². The van der Waals surface area contributed by atoms with Crippen LogP contribution in [0.15, 0.2) is 78.0 Å². The molecule has 1 aromatic heterocycles. The van der Waals surface area contributed by atoms with Gasteiger partial charge < -0.3 is 5.32 Å². The van der Waals surface area contributed by atoms with Crippen molar-refractivity contribution in [1.82, 2.24) is 14.8 Å². The molecule has 0 aliphatic carbocycles. The number of carbonyl (C=O) groups is 1. The molecule has 0 fully saturated rings. The molecule has 0 unspecified atom stereocenters. The smallest absolute Gasteiger partial charge is 0.234 e. The summed E-state index contributed by atoms with van der Waals surface area (Å²) < 4.78 is 16.2. The van der Waals surface area contributed by atoms with Crippen molar-refractivity contribution in [2.24, 2.45) is 0 Å². The lowest BCUT2D eigenvalue weighted by Gasteiger charge is -2.11. The van der Waals surface area contributed by atoms with Crippen LogP contribution in [0.5, 0.6) is 0 Å². The van der Waals surface area contributed by atoms with E-state index < -0.39 is 5.82 Å². The number of halogens is 2. The Bertz CT molecular complexity index is 1230. The zero-order valence-corrected chi connectivity index (χ0v) is 18.1. The van der Waals surface area contributed by atoms with Gasteiger partial charge in [0.05, 0.1) is 22.0 Å². The first-order valence-corrected chi connectivity index (χ1v) is 10.8. The molecule has 0 spiro atoms. The van der Waals surface area contributed by atoms with Crippen LogP contribution in [-0.4, -0.2) is 26.4 Å². The average molecular weight is 453 g/mol. The minimum Gasteiger partial charge on any atom is -0.324 e. The number of amides is 1. The van der Waals surface area contributed by atoms with Crippen LogP contribution >= 0.6 is 23.4 Å². The number of benzene rings is 3. The molecule has 0 radical (unpaired) electrons. The Balaban J connectivity index is 1.60. The van der Waals surface area contributed by atoms with E-state index in [1.807, 2.05) is 43.3 Å². The van der Waals surface area contributed by atoms with E-state index in [1.54, 1.807) is 34.9 Å². The fourth-order valence-corrected chi connectivity index (χ4v) is 4.06. The van der Waals surface area contributed by atoms with Crippen LogP contribution < -0.4 is 5.32 Å². The number of carbonyl (C=O) groups excluding carboxylic acids is 1. The minimum atomic E-state index is -0.393. The van der Waals surface area contributed by atoms with Gasteiger partial charge in [-0.05, 0) is 48.9 Å². The summed E-state index contributed by atoms with van der Waals surface area (Å²) in [6, 6.07) is 21.2. The normalized spacial score (nSPS) is 10.8. The second-order valence-electron chi connectivity index (χ2n) is 6.78. The van der Waals surface area contributed by atoms with Crippen molar-refractivity contribution >= 4 is 35.0 Å². The maximum atomic E-state index is 14.4. The Labute approximate surface area is 188 Å². The Kier molecular flexibility index (Phi) is 6.34. The summed E-state index contributed by atoms with van der Waals surface area (Å²) in [5.41, 5.74) is 2.67. The molecule has 156 valence electrons. The third-order valence-electron chi connectivity index (χ3n) is 4.49. The van der Waals surface area contributed by atoms with E-state index in [-0.39, 0.29) is 11.7 Å². The fourth-order valence-electron chi connectivity index (χ4n) is 3.03. The number of nitrogens with one attached hydrogen (secondary N) is 1. The van der Waals surface area contributed by atoms with Crippen LogP contribution in [-0.2, 0) is 4.79 Å². The predicted octanol–water partition coefficient (Wildman–Crippen LogP) is 5.77. The molecule has 0 bridgehead atoms. The van der Waals surface area contributed by atoms with E-state index in [1.165, 1.54) is 17.8 Å². The lowest BCUT2D eigenvalue weighted by molar-refractivity contribution is -0.113. The van der Waals surface area contributed by atoms with Gasteiger partial charge in [0.15, 0.2) is 11.0 Å². The fraction of sp³-hybridized carbons (Fsp3) is 0.0870. The highest BCUT2D eigenvalue weighted by molar-refractivity contribution is 7.99. The van der Waals surface area contributed by atoms with Gasteiger partial charge in [-0.25, -0.2) is 4.39 Å². The van der Waals surface area contributed by atoms with Gasteiger partial charge in [-0.3, -0.25) is 9.36 Å². The van der Waals surface area contributed by atoms with E-state index in [0.717, 1.165) is 11.3 Å². The van der Waals surface area contributed by atoms with Crippen LogP contribution in [0.4, 0.5) is 10.1 Å². The van der Waals surface area contributed by atoms with Crippen LogP contribution in [0.1, 0.15) is 5.56 Å². The number of rotatable bonds is 6. The Morgan fingerprint density at radius 3 is 2.55 bits per heavy atom. The molecule has 3 aromatic carbocycles. The third-order valence-corrected chi connectivity index (χ3v) is 5.74. The van der Waals surface area contributed by atoms with Crippen molar-refractivity contribution in [2.75, 3.05) is 11.1 Å². The predicted molar refractivity (Wildman–Crippen MR) is 122 cm³/mol. The van der Waals surface area contributed by atoms with Crippen molar-refractivity contribution in [3.8, 4) is 17.1 Å². The largest absolute Gasteiger partial charge is 0.324 e. The summed E-state index contributed by atoms with van der Waals surface area (Å²) in [6.45, 7) is 1.93. The first-order valence-electron chi connectivity index (χ1n) is 9.47. The van der Waals surface area contributed by atoms with E-state index in [4.69, 9.17) is 11.6 Å². The van der Waals surface area contributed by atoms with Crippen LogP contribution in [0.3, 0.4) is 0 Å². The summed E-state index contributed by atoms with van der Waals surface area (Å²) in [6.07, 6.45) is 0. The molecule has 1 amide bonds. The number of aromatic nitrogens is 3. The first kappa shape index (κ1) is 21.1. The number of anilines is 1. The number of hydrogen-bond acceptors (Lipinski definition) is 4. The van der Waals surface area contributed by atoms with Crippen molar-refractivity contribution in [3.63, 3.8) is 0 Å². The maximum Gasteiger partial charge on any atom is 0.234 e. The lowest BCUT2D eigenvalue weighted by atomic mass is 10.2. The summed E-state index contributed by atoms with van der Waals surface area (Å²) >= 11 is 7.41. The number of thioether (sulfide) groups is 1. The molecule has 5 nitrogen and oxygen atoms in total. The van der Waals surface area contributed by atoms with Gasteiger partial charge in [0.2, 0.25) is 5.91 Å². The molecule has 4 rings (SSSR count). The highest BCUT2D eigenvalue weighted by atomic mass is 35.5. The summed E-state index contributed by atoms with van der Waals surface area (Å²) in [5.74, 6) is -0.165. The molecular formula is C23H18ClFN4OS. The molecule has 8 heteroatoms. The van der Waals surface area contributed by atoms with Crippen LogP contribution in [0.2, 0.25) is 5.02 Å². The molecule has 0 aliphatic heterocycles. The van der Waals surface area contributed by atoms with Gasteiger partial charge in [0.1, 0.15) is 5.82 Å². The Hall–Kier alpha value is -3.16. The summed E-state index contributed by atoms with van der Waals surface area (Å²) in [4.78, 5) is 12.5. The molecule has 0 saturated carbocycles. The first-order chi connectivity index (χ1) is 15.0. The van der Waals surface area contributed by atoms with Crippen LogP contribution in [0.25, 0.3) is 17.1 Å². The molecule has 0 aliphatic rings. The summed E-state index contributed by atoms with van der Waals surface area (Å²) in [7, 11) is 0. The van der Waals surface area contributed by atoms with Gasteiger partial charge in [0.25, 0.3) is 0 Å².